The highest BCUT2D eigenvalue weighted by atomic mass is 79.9. The molecule has 0 saturated heterocycles. The Morgan fingerprint density at radius 2 is 1.85 bits per heavy atom. The number of nitrogens with one attached hydrogen (secondary N) is 1. The van der Waals surface area contributed by atoms with E-state index >= 15 is 0 Å². The molecule has 1 aliphatic heterocycles. The van der Waals surface area contributed by atoms with E-state index in [9.17, 15) is 9.59 Å². The van der Waals surface area contributed by atoms with Crippen molar-refractivity contribution in [3.63, 3.8) is 0 Å². The summed E-state index contributed by atoms with van der Waals surface area (Å²) in [6.07, 6.45) is 1.09. The molecule has 0 fully saturated rings. The Labute approximate surface area is 127 Å². The zero-order valence-corrected chi connectivity index (χ0v) is 13.4. The minimum atomic E-state index is -0.197. The van der Waals surface area contributed by atoms with Gasteiger partial charge in [-0.05, 0) is 37.1 Å². The lowest BCUT2D eigenvalue weighted by atomic mass is 10.1. The molecule has 0 saturated carbocycles. The van der Waals surface area contributed by atoms with Gasteiger partial charge in [0, 0.05) is 17.6 Å². The second-order valence-electron chi connectivity index (χ2n) is 5.38. The van der Waals surface area contributed by atoms with Gasteiger partial charge in [0.05, 0.1) is 11.1 Å². The SMILES string of the molecule is CC(C)CCNCCN1C(=O)c2ccc(Br)cc2C1=O. The maximum atomic E-state index is 12.2. The number of hydrogen-bond donors (Lipinski definition) is 1. The number of imide groups is 1. The first-order chi connectivity index (χ1) is 9.50. The Morgan fingerprint density at radius 3 is 2.55 bits per heavy atom. The van der Waals surface area contributed by atoms with Crippen LogP contribution in [0, 0.1) is 5.92 Å². The maximum Gasteiger partial charge on any atom is 0.261 e. The normalized spacial score (nSPS) is 14.3. The van der Waals surface area contributed by atoms with E-state index in [0.717, 1.165) is 17.4 Å². The molecule has 5 heteroatoms. The Hall–Kier alpha value is -1.20. The average molecular weight is 339 g/mol. The van der Waals surface area contributed by atoms with Crippen molar-refractivity contribution in [2.75, 3.05) is 19.6 Å². The predicted octanol–water partition coefficient (Wildman–Crippen LogP) is 2.68. The third kappa shape index (κ3) is 3.27. The molecule has 0 unspecified atom stereocenters. The summed E-state index contributed by atoms with van der Waals surface area (Å²) in [4.78, 5) is 25.7. The zero-order valence-electron chi connectivity index (χ0n) is 11.8. The average Bonchev–Trinajstić information content (AvgIpc) is 2.62. The van der Waals surface area contributed by atoms with Crippen molar-refractivity contribution in [2.45, 2.75) is 20.3 Å². The minimum absolute atomic E-state index is 0.192. The van der Waals surface area contributed by atoms with E-state index in [1.54, 1.807) is 18.2 Å². The third-order valence-corrected chi connectivity index (χ3v) is 3.84. The molecule has 1 N–H and O–H groups in total. The number of amides is 2. The van der Waals surface area contributed by atoms with Gasteiger partial charge in [-0.1, -0.05) is 29.8 Å². The van der Waals surface area contributed by atoms with Crippen LogP contribution in [0.15, 0.2) is 22.7 Å². The first kappa shape index (κ1) is 15.2. The summed E-state index contributed by atoms with van der Waals surface area (Å²) in [7, 11) is 0. The van der Waals surface area contributed by atoms with Crippen LogP contribution in [0.2, 0.25) is 0 Å². The summed E-state index contributed by atoms with van der Waals surface area (Å²) in [5.74, 6) is 0.263. The quantitative estimate of drug-likeness (QED) is 0.640. The molecule has 2 rings (SSSR count). The van der Waals surface area contributed by atoms with Gasteiger partial charge in [-0.25, -0.2) is 0 Å². The summed E-state index contributed by atoms with van der Waals surface area (Å²) >= 11 is 3.32. The van der Waals surface area contributed by atoms with Crippen LogP contribution in [0.5, 0.6) is 0 Å². The number of hydrogen-bond acceptors (Lipinski definition) is 3. The number of fused-ring (bicyclic) bond motifs is 1. The van der Waals surface area contributed by atoms with Crippen LogP contribution >= 0.6 is 15.9 Å². The highest BCUT2D eigenvalue weighted by Gasteiger charge is 2.34. The standard InChI is InChI=1S/C15H19BrN2O2/c1-10(2)5-6-17-7-8-18-14(19)12-4-3-11(16)9-13(12)15(18)20/h3-4,9-10,17H,5-8H2,1-2H3. The van der Waals surface area contributed by atoms with Crippen LogP contribution in [0.3, 0.4) is 0 Å². The first-order valence-electron chi connectivity index (χ1n) is 6.87. The lowest BCUT2D eigenvalue weighted by Gasteiger charge is -2.14. The van der Waals surface area contributed by atoms with Crippen LogP contribution in [-0.4, -0.2) is 36.3 Å². The molecule has 1 heterocycles. The van der Waals surface area contributed by atoms with E-state index in [1.807, 2.05) is 0 Å². The smallest absolute Gasteiger partial charge is 0.261 e. The van der Waals surface area contributed by atoms with Crippen LogP contribution in [0.25, 0.3) is 0 Å². The second-order valence-corrected chi connectivity index (χ2v) is 6.30. The highest BCUT2D eigenvalue weighted by molar-refractivity contribution is 9.10. The first-order valence-corrected chi connectivity index (χ1v) is 7.66. The summed E-state index contributed by atoms with van der Waals surface area (Å²) in [6.45, 7) is 6.31. The Morgan fingerprint density at radius 1 is 1.15 bits per heavy atom. The summed E-state index contributed by atoms with van der Waals surface area (Å²) in [6, 6.07) is 5.20. The van der Waals surface area contributed by atoms with Gasteiger partial charge in [0.1, 0.15) is 0 Å². The van der Waals surface area contributed by atoms with E-state index in [0.29, 0.717) is 30.1 Å². The second kappa shape index (κ2) is 6.50. The molecule has 0 spiro atoms. The summed E-state index contributed by atoms with van der Waals surface area (Å²) < 4.78 is 0.814. The predicted molar refractivity (Wildman–Crippen MR) is 81.8 cm³/mol. The van der Waals surface area contributed by atoms with E-state index in [4.69, 9.17) is 0 Å². The fraction of sp³-hybridized carbons (Fsp3) is 0.467. The van der Waals surface area contributed by atoms with E-state index in [2.05, 4.69) is 35.1 Å². The van der Waals surface area contributed by atoms with Gasteiger partial charge in [-0.2, -0.15) is 0 Å². The van der Waals surface area contributed by atoms with Gasteiger partial charge >= 0.3 is 0 Å². The number of carbonyl (C=O) groups is 2. The van der Waals surface area contributed by atoms with Gasteiger partial charge in [-0.15, -0.1) is 0 Å². The van der Waals surface area contributed by atoms with Crippen LogP contribution in [-0.2, 0) is 0 Å². The lowest BCUT2D eigenvalue weighted by Crippen LogP contribution is -2.36. The van der Waals surface area contributed by atoms with Gasteiger partial charge < -0.3 is 5.32 Å². The molecular weight excluding hydrogens is 320 g/mol. The molecule has 2 amide bonds. The van der Waals surface area contributed by atoms with Crippen LogP contribution in [0.4, 0.5) is 0 Å². The molecule has 0 atom stereocenters. The molecule has 1 aromatic rings. The molecule has 0 aromatic heterocycles. The third-order valence-electron chi connectivity index (χ3n) is 3.34. The number of rotatable bonds is 6. The van der Waals surface area contributed by atoms with E-state index in [1.165, 1.54) is 4.90 Å². The fourth-order valence-electron chi connectivity index (χ4n) is 2.17. The van der Waals surface area contributed by atoms with Crippen molar-refractivity contribution in [1.29, 1.82) is 0 Å². The van der Waals surface area contributed by atoms with Crippen LogP contribution in [0.1, 0.15) is 41.0 Å². The van der Waals surface area contributed by atoms with Gasteiger partial charge in [-0.3, -0.25) is 14.5 Å². The molecule has 20 heavy (non-hydrogen) atoms. The molecule has 108 valence electrons. The number of carbonyl (C=O) groups excluding carboxylic acids is 2. The summed E-state index contributed by atoms with van der Waals surface area (Å²) in [5, 5.41) is 3.27. The Bertz CT molecular complexity index is 529. The van der Waals surface area contributed by atoms with Gasteiger partial charge in [0.15, 0.2) is 0 Å². The monoisotopic (exact) mass is 338 g/mol. The van der Waals surface area contributed by atoms with Gasteiger partial charge in [0.25, 0.3) is 11.8 Å². The van der Waals surface area contributed by atoms with Crippen molar-refractivity contribution in [1.82, 2.24) is 10.2 Å². The summed E-state index contributed by atoms with van der Waals surface area (Å²) in [5.41, 5.74) is 0.993. The van der Waals surface area contributed by atoms with E-state index < -0.39 is 0 Å². The topological polar surface area (TPSA) is 49.4 Å². The number of benzene rings is 1. The number of nitrogens with zero attached hydrogens (tertiary/aromatic N) is 1. The minimum Gasteiger partial charge on any atom is -0.315 e. The van der Waals surface area contributed by atoms with E-state index in [-0.39, 0.29) is 11.8 Å². The van der Waals surface area contributed by atoms with Crippen molar-refractivity contribution in [3.05, 3.63) is 33.8 Å². The van der Waals surface area contributed by atoms with Crippen molar-refractivity contribution >= 4 is 27.7 Å². The highest BCUT2D eigenvalue weighted by Crippen LogP contribution is 2.25. The molecular formula is C15H19BrN2O2. The largest absolute Gasteiger partial charge is 0.315 e. The Balaban J connectivity index is 1.92. The molecule has 4 nitrogen and oxygen atoms in total. The Kier molecular flexibility index (Phi) is 4.94. The zero-order chi connectivity index (χ0) is 14.7. The molecule has 0 radical (unpaired) electrons. The van der Waals surface area contributed by atoms with Gasteiger partial charge in [0.2, 0.25) is 0 Å². The lowest BCUT2D eigenvalue weighted by molar-refractivity contribution is 0.0655. The molecule has 1 aliphatic rings. The van der Waals surface area contributed by atoms with Crippen molar-refractivity contribution < 1.29 is 9.59 Å². The van der Waals surface area contributed by atoms with Crippen LogP contribution < -0.4 is 5.32 Å². The maximum absolute atomic E-state index is 12.2. The molecule has 0 aliphatic carbocycles. The number of halogens is 1. The fourth-order valence-corrected chi connectivity index (χ4v) is 2.53. The molecule has 1 aromatic carbocycles. The van der Waals surface area contributed by atoms with Crippen molar-refractivity contribution in [2.24, 2.45) is 5.92 Å². The molecule has 0 bridgehead atoms. The van der Waals surface area contributed by atoms with Crippen molar-refractivity contribution in [3.8, 4) is 0 Å².